The van der Waals surface area contributed by atoms with Crippen LogP contribution in [0.2, 0.25) is 0 Å². The fourth-order valence-corrected chi connectivity index (χ4v) is 3.19. The van der Waals surface area contributed by atoms with Gasteiger partial charge < -0.3 is 0 Å². The summed E-state index contributed by atoms with van der Waals surface area (Å²) in [5.74, 6) is 0. The molecule has 1 nitrogen and oxygen atoms in total. The minimum absolute atomic E-state index is 0.115. The quantitative estimate of drug-likeness (QED) is 0.736. The molecular weight excluding hydrogens is 242 g/mol. The number of hydrogen-bond acceptors (Lipinski definition) is 1. The van der Waals surface area contributed by atoms with E-state index in [1.54, 1.807) is 0 Å². The van der Waals surface area contributed by atoms with Crippen LogP contribution in [0, 0.1) is 5.41 Å². The summed E-state index contributed by atoms with van der Waals surface area (Å²) >= 11 is 0. The first kappa shape index (κ1) is 13.1. The first-order valence-electron chi connectivity index (χ1n) is 7.22. The van der Waals surface area contributed by atoms with Crippen LogP contribution in [0.3, 0.4) is 0 Å². The summed E-state index contributed by atoms with van der Waals surface area (Å²) in [7, 11) is 0. The Labute approximate surface area is 121 Å². The second kappa shape index (κ2) is 4.59. The molecule has 0 amide bonds. The molecule has 0 fully saturated rings. The predicted octanol–water partition coefficient (Wildman–Crippen LogP) is 5.08. The van der Waals surface area contributed by atoms with Crippen LogP contribution >= 0.6 is 0 Å². The molecule has 0 bridgehead atoms. The predicted molar refractivity (Wildman–Crippen MR) is 85.7 cm³/mol. The van der Waals surface area contributed by atoms with E-state index >= 15 is 0 Å². The van der Waals surface area contributed by atoms with Crippen molar-refractivity contribution < 1.29 is 0 Å². The number of aromatic nitrogens is 1. The van der Waals surface area contributed by atoms with Gasteiger partial charge in [-0.3, -0.25) is 4.98 Å². The van der Waals surface area contributed by atoms with Gasteiger partial charge in [0.25, 0.3) is 0 Å². The van der Waals surface area contributed by atoms with Gasteiger partial charge in [0, 0.05) is 22.9 Å². The Balaban J connectivity index is 1.98. The first-order chi connectivity index (χ1) is 9.49. The zero-order chi connectivity index (χ0) is 14.3. The van der Waals surface area contributed by atoms with Crippen molar-refractivity contribution in [2.75, 3.05) is 0 Å². The Hall–Kier alpha value is -1.89. The van der Waals surface area contributed by atoms with Crippen LogP contribution in [-0.2, 0) is 6.42 Å². The monoisotopic (exact) mass is 263 g/mol. The third kappa shape index (κ3) is 2.07. The van der Waals surface area contributed by atoms with E-state index in [1.165, 1.54) is 27.8 Å². The SMILES string of the molecule is CC1=CC(C)(Cc2ccc3ccccc3n2)C(C)=C1C. The Morgan fingerprint density at radius 3 is 2.45 bits per heavy atom. The van der Waals surface area contributed by atoms with Gasteiger partial charge >= 0.3 is 0 Å². The van der Waals surface area contributed by atoms with Gasteiger partial charge in [-0.25, -0.2) is 0 Å². The molecule has 2 aromatic rings. The molecule has 0 radical (unpaired) electrons. The van der Waals surface area contributed by atoms with Gasteiger partial charge in [0.1, 0.15) is 0 Å². The minimum Gasteiger partial charge on any atom is -0.253 e. The Bertz CT molecular complexity index is 736. The average molecular weight is 263 g/mol. The molecule has 1 aromatic carbocycles. The number of nitrogens with zero attached hydrogens (tertiary/aromatic N) is 1. The maximum Gasteiger partial charge on any atom is 0.0705 e. The van der Waals surface area contributed by atoms with Crippen LogP contribution < -0.4 is 0 Å². The fraction of sp³-hybridized carbons (Fsp3) is 0.316. The maximum absolute atomic E-state index is 4.82. The van der Waals surface area contributed by atoms with Gasteiger partial charge in [0.15, 0.2) is 0 Å². The van der Waals surface area contributed by atoms with Crippen molar-refractivity contribution >= 4 is 10.9 Å². The maximum atomic E-state index is 4.82. The number of allylic oxidation sites excluding steroid dienone is 4. The number of hydrogen-bond donors (Lipinski definition) is 0. The molecule has 0 saturated heterocycles. The van der Waals surface area contributed by atoms with Crippen molar-refractivity contribution in [3.05, 3.63) is 64.9 Å². The van der Waals surface area contributed by atoms with Gasteiger partial charge in [-0.15, -0.1) is 0 Å². The van der Waals surface area contributed by atoms with Gasteiger partial charge in [0.05, 0.1) is 5.52 Å². The van der Waals surface area contributed by atoms with Crippen LogP contribution in [0.1, 0.15) is 33.4 Å². The highest BCUT2D eigenvalue weighted by atomic mass is 14.7. The van der Waals surface area contributed by atoms with E-state index in [4.69, 9.17) is 4.98 Å². The summed E-state index contributed by atoms with van der Waals surface area (Å²) in [4.78, 5) is 4.82. The Morgan fingerprint density at radius 2 is 1.75 bits per heavy atom. The van der Waals surface area contributed by atoms with E-state index in [9.17, 15) is 0 Å². The molecule has 0 N–H and O–H groups in total. The highest BCUT2D eigenvalue weighted by Crippen LogP contribution is 2.42. The number of pyridine rings is 1. The van der Waals surface area contributed by atoms with Crippen molar-refractivity contribution in [1.82, 2.24) is 4.98 Å². The molecular formula is C19H21N. The molecule has 1 aliphatic rings. The topological polar surface area (TPSA) is 12.9 Å². The Kier molecular flexibility index (Phi) is 3.01. The summed E-state index contributed by atoms with van der Waals surface area (Å²) in [6.07, 6.45) is 3.37. The number of rotatable bonds is 2. The van der Waals surface area contributed by atoms with E-state index in [0.717, 1.165) is 11.9 Å². The van der Waals surface area contributed by atoms with Crippen molar-refractivity contribution in [3.63, 3.8) is 0 Å². The lowest BCUT2D eigenvalue weighted by Crippen LogP contribution is -2.17. The van der Waals surface area contributed by atoms with Gasteiger partial charge in [-0.1, -0.05) is 48.4 Å². The minimum atomic E-state index is 0.115. The smallest absolute Gasteiger partial charge is 0.0705 e. The lowest BCUT2D eigenvalue weighted by Gasteiger charge is -2.24. The number of para-hydroxylation sites is 1. The molecule has 1 heterocycles. The van der Waals surface area contributed by atoms with Crippen LogP contribution in [0.25, 0.3) is 10.9 Å². The van der Waals surface area contributed by atoms with Gasteiger partial charge in [-0.2, -0.15) is 0 Å². The lowest BCUT2D eigenvalue weighted by molar-refractivity contribution is 0.511. The standard InChI is InChI=1S/C19H21N/c1-13-11-19(4,15(3)14(13)2)12-17-10-9-16-7-5-6-8-18(16)20-17/h5-11H,12H2,1-4H3. The van der Waals surface area contributed by atoms with Gasteiger partial charge in [-0.05, 0) is 38.5 Å². The fourth-order valence-electron chi connectivity index (χ4n) is 3.19. The van der Waals surface area contributed by atoms with Crippen LogP contribution in [-0.4, -0.2) is 4.98 Å². The van der Waals surface area contributed by atoms with E-state index < -0.39 is 0 Å². The normalized spacial score (nSPS) is 22.5. The number of benzene rings is 1. The molecule has 1 unspecified atom stereocenters. The zero-order valence-electron chi connectivity index (χ0n) is 12.7. The van der Waals surface area contributed by atoms with Crippen molar-refractivity contribution in [3.8, 4) is 0 Å². The Morgan fingerprint density at radius 1 is 1.00 bits per heavy atom. The molecule has 0 aliphatic heterocycles. The van der Waals surface area contributed by atoms with Crippen molar-refractivity contribution in [2.45, 2.75) is 34.1 Å². The van der Waals surface area contributed by atoms with Crippen LogP contribution in [0.4, 0.5) is 0 Å². The second-order valence-electron chi connectivity index (χ2n) is 6.17. The second-order valence-corrected chi connectivity index (χ2v) is 6.17. The molecule has 1 heteroatoms. The van der Waals surface area contributed by atoms with E-state index in [-0.39, 0.29) is 5.41 Å². The molecule has 0 spiro atoms. The molecule has 0 saturated carbocycles. The zero-order valence-corrected chi connectivity index (χ0v) is 12.7. The third-order valence-electron chi connectivity index (χ3n) is 4.75. The van der Waals surface area contributed by atoms with Crippen molar-refractivity contribution in [1.29, 1.82) is 0 Å². The first-order valence-corrected chi connectivity index (χ1v) is 7.22. The molecule has 1 aromatic heterocycles. The lowest BCUT2D eigenvalue weighted by atomic mass is 9.80. The summed E-state index contributed by atoms with van der Waals surface area (Å²) in [6, 6.07) is 12.7. The average Bonchev–Trinajstić information content (AvgIpc) is 2.62. The van der Waals surface area contributed by atoms with E-state index in [0.29, 0.717) is 0 Å². The third-order valence-corrected chi connectivity index (χ3v) is 4.75. The highest BCUT2D eigenvalue weighted by Gasteiger charge is 2.31. The van der Waals surface area contributed by atoms with Gasteiger partial charge in [0.2, 0.25) is 0 Å². The van der Waals surface area contributed by atoms with Crippen LogP contribution in [0.15, 0.2) is 59.2 Å². The van der Waals surface area contributed by atoms with E-state index in [1.807, 2.05) is 0 Å². The van der Waals surface area contributed by atoms with Crippen molar-refractivity contribution in [2.24, 2.45) is 5.41 Å². The van der Waals surface area contributed by atoms with E-state index in [2.05, 4.69) is 70.2 Å². The molecule has 1 aliphatic carbocycles. The summed E-state index contributed by atoms with van der Waals surface area (Å²) in [5, 5.41) is 1.21. The molecule has 20 heavy (non-hydrogen) atoms. The van der Waals surface area contributed by atoms with Crippen LogP contribution in [0.5, 0.6) is 0 Å². The largest absolute Gasteiger partial charge is 0.253 e. The molecule has 3 rings (SSSR count). The summed E-state index contributed by atoms with van der Waals surface area (Å²) in [6.45, 7) is 9.00. The molecule has 102 valence electrons. The summed E-state index contributed by atoms with van der Waals surface area (Å²) < 4.78 is 0. The summed E-state index contributed by atoms with van der Waals surface area (Å²) in [5.41, 5.74) is 6.70. The highest BCUT2D eigenvalue weighted by molar-refractivity contribution is 5.78. The number of fused-ring (bicyclic) bond motifs is 1. The molecule has 1 atom stereocenters.